The van der Waals surface area contributed by atoms with Gasteiger partial charge in [-0.3, -0.25) is 4.79 Å². The van der Waals surface area contributed by atoms with E-state index in [1.165, 1.54) is 58.2 Å². The van der Waals surface area contributed by atoms with Crippen LogP contribution in [0.15, 0.2) is 0 Å². The van der Waals surface area contributed by atoms with Gasteiger partial charge < -0.3 is 9.64 Å². The largest absolute Gasteiger partial charge is 0.465 e. The summed E-state index contributed by atoms with van der Waals surface area (Å²) in [5.74, 6) is 0.0231. The minimum Gasteiger partial charge on any atom is -0.465 e. The summed E-state index contributed by atoms with van der Waals surface area (Å²) in [6.45, 7) is 8.41. The molecule has 1 aliphatic rings. The van der Waals surface area contributed by atoms with Gasteiger partial charge in [-0.25, -0.2) is 0 Å². The number of carbonyl (C=O) groups excluding carboxylic acids is 1. The van der Waals surface area contributed by atoms with Gasteiger partial charge in [0.1, 0.15) is 0 Å². The predicted octanol–water partition coefficient (Wildman–Crippen LogP) is 3.62. The van der Waals surface area contributed by atoms with Crippen molar-refractivity contribution in [2.45, 2.75) is 65.2 Å². The quantitative estimate of drug-likeness (QED) is 0.473. The van der Waals surface area contributed by atoms with Gasteiger partial charge in [0.25, 0.3) is 0 Å². The van der Waals surface area contributed by atoms with Crippen molar-refractivity contribution in [2.24, 2.45) is 5.92 Å². The van der Waals surface area contributed by atoms with E-state index in [-0.39, 0.29) is 11.9 Å². The standard InChI is InChI=1S/C16H31NO2/c1-3-15(2)16(18)19-14-10-5-4-7-11-17-12-8-6-9-13-17/h15H,3-14H2,1-2H3. The lowest BCUT2D eigenvalue weighted by atomic mass is 10.1. The summed E-state index contributed by atoms with van der Waals surface area (Å²) in [5, 5.41) is 0. The SMILES string of the molecule is CCC(C)C(=O)OCCCCCCN1CCCCC1. The summed E-state index contributed by atoms with van der Waals surface area (Å²) in [6.07, 6.45) is 9.80. The Labute approximate surface area is 118 Å². The van der Waals surface area contributed by atoms with Gasteiger partial charge in [0.05, 0.1) is 12.5 Å². The van der Waals surface area contributed by atoms with E-state index in [9.17, 15) is 4.79 Å². The molecule has 19 heavy (non-hydrogen) atoms. The maximum absolute atomic E-state index is 11.4. The molecule has 1 unspecified atom stereocenters. The molecule has 1 aliphatic heterocycles. The van der Waals surface area contributed by atoms with E-state index in [2.05, 4.69) is 4.90 Å². The summed E-state index contributed by atoms with van der Waals surface area (Å²) in [6, 6.07) is 0. The second-order valence-corrected chi connectivity index (χ2v) is 5.79. The number of hydrogen-bond donors (Lipinski definition) is 0. The Hall–Kier alpha value is -0.570. The lowest BCUT2D eigenvalue weighted by Crippen LogP contribution is -2.30. The number of esters is 1. The third-order valence-electron chi connectivity index (χ3n) is 4.08. The number of ether oxygens (including phenoxy) is 1. The van der Waals surface area contributed by atoms with Crippen LogP contribution in [0.3, 0.4) is 0 Å². The van der Waals surface area contributed by atoms with Crippen LogP contribution in [-0.4, -0.2) is 37.1 Å². The molecule has 0 saturated carbocycles. The van der Waals surface area contributed by atoms with Crippen LogP contribution in [0.25, 0.3) is 0 Å². The Morgan fingerprint density at radius 2 is 1.79 bits per heavy atom. The summed E-state index contributed by atoms with van der Waals surface area (Å²) < 4.78 is 5.24. The minimum atomic E-state index is -0.0317. The van der Waals surface area contributed by atoms with E-state index in [0.717, 1.165) is 12.8 Å². The molecule has 1 fully saturated rings. The van der Waals surface area contributed by atoms with E-state index >= 15 is 0 Å². The summed E-state index contributed by atoms with van der Waals surface area (Å²) >= 11 is 0. The van der Waals surface area contributed by atoms with Crippen LogP contribution >= 0.6 is 0 Å². The van der Waals surface area contributed by atoms with Crippen molar-refractivity contribution in [3.05, 3.63) is 0 Å². The second kappa shape index (κ2) is 10.2. The normalized spacial score (nSPS) is 18.2. The highest BCUT2D eigenvalue weighted by Crippen LogP contribution is 2.10. The van der Waals surface area contributed by atoms with Gasteiger partial charge in [0.2, 0.25) is 0 Å². The Bertz CT molecular complexity index is 237. The van der Waals surface area contributed by atoms with Crippen molar-refractivity contribution in [3.63, 3.8) is 0 Å². The molecule has 0 spiro atoms. The number of nitrogens with zero attached hydrogens (tertiary/aromatic N) is 1. The van der Waals surface area contributed by atoms with Crippen molar-refractivity contribution in [2.75, 3.05) is 26.2 Å². The van der Waals surface area contributed by atoms with E-state index in [1.807, 2.05) is 13.8 Å². The van der Waals surface area contributed by atoms with E-state index < -0.39 is 0 Å². The van der Waals surface area contributed by atoms with Crippen molar-refractivity contribution in [3.8, 4) is 0 Å². The average Bonchev–Trinajstić information content (AvgIpc) is 2.46. The first kappa shape index (κ1) is 16.5. The van der Waals surface area contributed by atoms with E-state index in [0.29, 0.717) is 6.61 Å². The number of hydrogen-bond acceptors (Lipinski definition) is 3. The number of rotatable bonds is 9. The highest BCUT2D eigenvalue weighted by Gasteiger charge is 2.11. The van der Waals surface area contributed by atoms with Gasteiger partial charge in [-0.2, -0.15) is 0 Å². The maximum Gasteiger partial charge on any atom is 0.308 e. The molecule has 0 bridgehead atoms. The van der Waals surface area contributed by atoms with Gasteiger partial charge in [0, 0.05) is 0 Å². The monoisotopic (exact) mass is 269 g/mol. The van der Waals surface area contributed by atoms with Crippen LogP contribution in [0, 0.1) is 5.92 Å². The van der Waals surface area contributed by atoms with Crippen molar-refractivity contribution in [1.29, 1.82) is 0 Å². The molecular formula is C16H31NO2. The second-order valence-electron chi connectivity index (χ2n) is 5.79. The molecular weight excluding hydrogens is 238 g/mol. The Morgan fingerprint density at radius 3 is 2.47 bits per heavy atom. The fourth-order valence-electron chi connectivity index (χ4n) is 2.46. The maximum atomic E-state index is 11.4. The van der Waals surface area contributed by atoms with Crippen LogP contribution in [0.4, 0.5) is 0 Å². The molecule has 1 saturated heterocycles. The molecule has 0 radical (unpaired) electrons. The molecule has 0 aromatic heterocycles. The third-order valence-corrected chi connectivity index (χ3v) is 4.08. The fourth-order valence-corrected chi connectivity index (χ4v) is 2.46. The Morgan fingerprint density at radius 1 is 1.11 bits per heavy atom. The predicted molar refractivity (Wildman–Crippen MR) is 79.2 cm³/mol. The smallest absolute Gasteiger partial charge is 0.308 e. The number of likely N-dealkylation sites (tertiary alicyclic amines) is 1. The average molecular weight is 269 g/mol. The van der Waals surface area contributed by atoms with Gasteiger partial charge in [-0.05, 0) is 51.7 Å². The lowest BCUT2D eigenvalue weighted by Gasteiger charge is -2.26. The van der Waals surface area contributed by atoms with Crippen LogP contribution < -0.4 is 0 Å². The summed E-state index contributed by atoms with van der Waals surface area (Å²) in [7, 11) is 0. The number of piperidine rings is 1. The zero-order valence-corrected chi connectivity index (χ0v) is 12.8. The van der Waals surface area contributed by atoms with E-state index in [1.54, 1.807) is 0 Å². The Balaban J connectivity index is 1.87. The van der Waals surface area contributed by atoms with Crippen LogP contribution in [-0.2, 0) is 9.53 Å². The molecule has 0 aliphatic carbocycles. The van der Waals surface area contributed by atoms with Gasteiger partial charge >= 0.3 is 5.97 Å². The Kier molecular flexibility index (Phi) is 8.89. The number of carbonyl (C=O) groups is 1. The van der Waals surface area contributed by atoms with Crippen LogP contribution in [0.1, 0.15) is 65.2 Å². The molecule has 0 amide bonds. The van der Waals surface area contributed by atoms with Crippen LogP contribution in [0.5, 0.6) is 0 Å². The highest BCUT2D eigenvalue weighted by atomic mass is 16.5. The molecule has 112 valence electrons. The molecule has 3 nitrogen and oxygen atoms in total. The zero-order chi connectivity index (χ0) is 13.9. The van der Waals surface area contributed by atoms with Gasteiger partial charge in [-0.15, -0.1) is 0 Å². The molecule has 3 heteroatoms. The molecule has 1 atom stereocenters. The molecule has 1 rings (SSSR count). The lowest BCUT2D eigenvalue weighted by molar-refractivity contribution is -0.148. The topological polar surface area (TPSA) is 29.5 Å². The molecule has 0 aromatic carbocycles. The first-order valence-electron chi connectivity index (χ1n) is 8.13. The molecule has 0 aromatic rings. The van der Waals surface area contributed by atoms with E-state index in [4.69, 9.17) is 4.74 Å². The highest BCUT2D eigenvalue weighted by molar-refractivity contribution is 5.71. The first-order chi connectivity index (χ1) is 9.24. The van der Waals surface area contributed by atoms with Crippen molar-refractivity contribution in [1.82, 2.24) is 4.90 Å². The molecule has 0 N–H and O–H groups in total. The first-order valence-corrected chi connectivity index (χ1v) is 8.13. The summed E-state index contributed by atoms with van der Waals surface area (Å²) in [5.41, 5.74) is 0. The van der Waals surface area contributed by atoms with Crippen molar-refractivity contribution >= 4 is 5.97 Å². The fraction of sp³-hybridized carbons (Fsp3) is 0.938. The van der Waals surface area contributed by atoms with Gasteiger partial charge in [0.15, 0.2) is 0 Å². The van der Waals surface area contributed by atoms with Crippen molar-refractivity contribution < 1.29 is 9.53 Å². The van der Waals surface area contributed by atoms with Crippen LogP contribution in [0.2, 0.25) is 0 Å². The molecule has 1 heterocycles. The number of unbranched alkanes of at least 4 members (excludes halogenated alkanes) is 3. The third kappa shape index (κ3) is 7.56. The van der Waals surface area contributed by atoms with Gasteiger partial charge in [-0.1, -0.05) is 33.1 Å². The minimum absolute atomic E-state index is 0.0317. The summed E-state index contributed by atoms with van der Waals surface area (Å²) in [4.78, 5) is 14.0. The zero-order valence-electron chi connectivity index (χ0n) is 12.8.